The summed E-state index contributed by atoms with van der Waals surface area (Å²) in [5, 5.41) is 0. The Balaban J connectivity index is 1.96. The smallest absolute Gasteiger partial charge is 0.119 e. The third-order valence-electron chi connectivity index (χ3n) is 3.47. The fourth-order valence-electron chi connectivity index (χ4n) is 2.31. The SMILES string of the molecule is COc1ccc(C(CCOc2ccccc2)NN)c(C)c1. The highest BCUT2D eigenvalue weighted by Gasteiger charge is 2.13. The van der Waals surface area contributed by atoms with Crippen LogP contribution in [0.1, 0.15) is 23.6 Å². The zero-order valence-corrected chi connectivity index (χ0v) is 12.5. The van der Waals surface area contributed by atoms with E-state index in [0.29, 0.717) is 6.61 Å². The molecule has 4 nitrogen and oxygen atoms in total. The van der Waals surface area contributed by atoms with Crippen molar-refractivity contribution in [3.8, 4) is 11.5 Å². The van der Waals surface area contributed by atoms with E-state index in [4.69, 9.17) is 15.3 Å². The maximum absolute atomic E-state index is 5.72. The van der Waals surface area contributed by atoms with Gasteiger partial charge in [-0.05, 0) is 42.3 Å². The lowest BCUT2D eigenvalue weighted by Crippen LogP contribution is -2.29. The molecule has 0 aromatic heterocycles. The molecule has 1 atom stereocenters. The van der Waals surface area contributed by atoms with E-state index in [0.717, 1.165) is 29.0 Å². The van der Waals surface area contributed by atoms with Gasteiger partial charge >= 0.3 is 0 Å². The van der Waals surface area contributed by atoms with Gasteiger partial charge in [-0.15, -0.1) is 0 Å². The quantitative estimate of drug-likeness (QED) is 0.607. The fourth-order valence-corrected chi connectivity index (χ4v) is 2.31. The summed E-state index contributed by atoms with van der Waals surface area (Å²) in [5.41, 5.74) is 5.17. The maximum Gasteiger partial charge on any atom is 0.119 e. The Hall–Kier alpha value is -2.04. The second-order valence-electron chi connectivity index (χ2n) is 4.89. The molecular formula is C17H22N2O2. The lowest BCUT2D eigenvalue weighted by Gasteiger charge is -2.19. The molecule has 3 N–H and O–H groups in total. The van der Waals surface area contributed by atoms with E-state index in [2.05, 4.69) is 12.3 Å². The molecule has 4 heteroatoms. The molecule has 0 spiro atoms. The van der Waals surface area contributed by atoms with Gasteiger partial charge in [0.05, 0.1) is 13.7 Å². The van der Waals surface area contributed by atoms with Gasteiger partial charge < -0.3 is 9.47 Å². The first-order valence-corrected chi connectivity index (χ1v) is 7.03. The average molecular weight is 286 g/mol. The van der Waals surface area contributed by atoms with Crippen LogP contribution in [0.4, 0.5) is 0 Å². The first-order chi connectivity index (χ1) is 10.2. The van der Waals surface area contributed by atoms with Gasteiger partial charge in [-0.25, -0.2) is 0 Å². The molecule has 0 amide bonds. The summed E-state index contributed by atoms with van der Waals surface area (Å²) in [6.07, 6.45) is 0.790. The highest BCUT2D eigenvalue weighted by molar-refractivity contribution is 5.36. The Morgan fingerprint density at radius 2 is 1.86 bits per heavy atom. The summed E-state index contributed by atoms with van der Waals surface area (Å²) >= 11 is 0. The van der Waals surface area contributed by atoms with Crippen molar-refractivity contribution >= 4 is 0 Å². The Morgan fingerprint density at radius 1 is 1.10 bits per heavy atom. The number of para-hydroxylation sites is 1. The van der Waals surface area contributed by atoms with Crippen LogP contribution in [0.2, 0.25) is 0 Å². The van der Waals surface area contributed by atoms with Gasteiger partial charge in [-0.1, -0.05) is 24.3 Å². The topological polar surface area (TPSA) is 56.5 Å². The van der Waals surface area contributed by atoms with Crippen molar-refractivity contribution in [3.05, 3.63) is 59.7 Å². The number of hydrogen-bond donors (Lipinski definition) is 2. The molecule has 0 aliphatic carbocycles. The minimum atomic E-state index is 0.0552. The molecule has 2 aromatic rings. The van der Waals surface area contributed by atoms with E-state index >= 15 is 0 Å². The van der Waals surface area contributed by atoms with Crippen molar-refractivity contribution in [2.24, 2.45) is 5.84 Å². The molecule has 0 saturated heterocycles. The normalized spacial score (nSPS) is 12.0. The van der Waals surface area contributed by atoms with Crippen LogP contribution < -0.4 is 20.7 Å². The van der Waals surface area contributed by atoms with E-state index in [1.807, 2.05) is 48.5 Å². The molecule has 0 heterocycles. The van der Waals surface area contributed by atoms with Gasteiger partial charge in [-0.3, -0.25) is 11.3 Å². The van der Waals surface area contributed by atoms with E-state index in [-0.39, 0.29) is 6.04 Å². The Kier molecular flexibility index (Phi) is 5.60. The number of aryl methyl sites for hydroxylation is 1. The number of ether oxygens (including phenoxy) is 2. The number of hydrogen-bond acceptors (Lipinski definition) is 4. The zero-order chi connectivity index (χ0) is 15.1. The number of methoxy groups -OCH3 is 1. The summed E-state index contributed by atoms with van der Waals surface area (Å²) < 4.78 is 11.0. The van der Waals surface area contributed by atoms with Crippen LogP contribution in [0.25, 0.3) is 0 Å². The highest BCUT2D eigenvalue weighted by Crippen LogP contribution is 2.24. The Labute approximate surface area is 125 Å². The summed E-state index contributed by atoms with van der Waals surface area (Å²) in [5.74, 6) is 7.42. The molecule has 2 rings (SSSR count). The van der Waals surface area contributed by atoms with Crippen LogP contribution in [0.15, 0.2) is 48.5 Å². The largest absolute Gasteiger partial charge is 0.497 e. The summed E-state index contributed by atoms with van der Waals surface area (Å²) in [7, 11) is 1.67. The van der Waals surface area contributed by atoms with Crippen LogP contribution in [0.5, 0.6) is 11.5 Å². The lowest BCUT2D eigenvalue weighted by molar-refractivity contribution is 0.287. The minimum Gasteiger partial charge on any atom is -0.497 e. The number of nitrogens with one attached hydrogen (secondary N) is 1. The predicted molar refractivity (Wildman–Crippen MR) is 84.3 cm³/mol. The van der Waals surface area contributed by atoms with Crippen molar-refractivity contribution in [2.75, 3.05) is 13.7 Å². The molecule has 1 unspecified atom stereocenters. The van der Waals surface area contributed by atoms with Crippen molar-refractivity contribution in [1.82, 2.24) is 5.43 Å². The first kappa shape index (κ1) is 15.4. The Bertz CT molecular complexity index is 558. The van der Waals surface area contributed by atoms with Gasteiger partial charge in [0, 0.05) is 12.5 Å². The highest BCUT2D eigenvalue weighted by atomic mass is 16.5. The van der Waals surface area contributed by atoms with E-state index in [1.54, 1.807) is 7.11 Å². The Morgan fingerprint density at radius 3 is 2.48 bits per heavy atom. The third-order valence-corrected chi connectivity index (χ3v) is 3.47. The molecule has 0 aliphatic rings. The lowest BCUT2D eigenvalue weighted by atomic mass is 9.99. The van der Waals surface area contributed by atoms with Crippen molar-refractivity contribution in [3.63, 3.8) is 0 Å². The van der Waals surface area contributed by atoms with Crippen LogP contribution in [-0.2, 0) is 0 Å². The zero-order valence-electron chi connectivity index (χ0n) is 12.5. The van der Waals surface area contributed by atoms with Crippen molar-refractivity contribution in [1.29, 1.82) is 0 Å². The molecule has 2 aromatic carbocycles. The van der Waals surface area contributed by atoms with Gasteiger partial charge in [-0.2, -0.15) is 0 Å². The number of hydrazine groups is 1. The second kappa shape index (κ2) is 7.67. The monoisotopic (exact) mass is 286 g/mol. The number of benzene rings is 2. The summed E-state index contributed by atoms with van der Waals surface area (Å²) in [4.78, 5) is 0. The maximum atomic E-state index is 5.72. The second-order valence-corrected chi connectivity index (χ2v) is 4.89. The fraction of sp³-hybridized carbons (Fsp3) is 0.294. The van der Waals surface area contributed by atoms with Crippen molar-refractivity contribution < 1.29 is 9.47 Å². The van der Waals surface area contributed by atoms with E-state index < -0.39 is 0 Å². The summed E-state index contributed by atoms with van der Waals surface area (Å²) in [6.45, 7) is 2.66. The molecular weight excluding hydrogens is 264 g/mol. The van der Waals surface area contributed by atoms with Gasteiger partial charge in [0.2, 0.25) is 0 Å². The van der Waals surface area contributed by atoms with Crippen LogP contribution in [-0.4, -0.2) is 13.7 Å². The molecule has 0 saturated carbocycles. The number of rotatable bonds is 7. The molecule has 0 fully saturated rings. The predicted octanol–water partition coefficient (Wildman–Crippen LogP) is 2.98. The van der Waals surface area contributed by atoms with Gasteiger partial charge in [0.15, 0.2) is 0 Å². The van der Waals surface area contributed by atoms with Crippen molar-refractivity contribution in [2.45, 2.75) is 19.4 Å². The van der Waals surface area contributed by atoms with Gasteiger partial charge in [0.1, 0.15) is 11.5 Å². The molecule has 0 aliphatic heterocycles. The third kappa shape index (κ3) is 4.21. The molecule has 21 heavy (non-hydrogen) atoms. The van der Waals surface area contributed by atoms with Crippen LogP contribution >= 0.6 is 0 Å². The first-order valence-electron chi connectivity index (χ1n) is 7.03. The molecule has 0 radical (unpaired) electrons. The van der Waals surface area contributed by atoms with Crippen LogP contribution in [0.3, 0.4) is 0 Å². The molecule has 0 bridgehead atoms. The standard InChI is InChI=1S/C17H22N2O2/c1-13-12-15(20-2)8-9-16(13)17(19-18)10-11-21-14-6-4-3-5-7-14/h3-9,12,17,19H,10-11,18H2,1-2H3. The number of nitrogens with two attached hydrogens (primary N) is 1. The minimum absolute atomic E-state index is 0.0552. The van der Waals surface area contributed by atoms with E-state index in [9.17, 15) is 0 Å². The van der Waals surface area contributed by atoms with Gasteiger partial charge in [0.25, 0.3) is 0 Å². The van der Waals surface area contributed by atoms with Crippen LogP contribution in [0, 0.1) is 6.92 Å². The average Bonchev–Trinajstić information content (AvgIpc) is 2.53. The van der Waals surface area contributed by atoms with E-state index in [1.165, 1.54) is 0 Å². The molecule has 112 valence electrons. The summed E-state index contributed by atoms with van der Waals surface area (Å²) in [6, 6.07) is 15.8.